The van der Waals surface area contributed by atoms with Gasteiger partial charge in [0.15, 0.2) is 11.6 Å². The average molecular weight is 517 g/mol. The number of rotatable bonds is 4. The Balaban J connectivity index is 1.16. The molecule has 37 heavy (non-hydrogen) atoms. The van der Waals surface area contributed by atoms with Gasteiger partial charge in [0.25, 0.3) is 5.91 Å². The van der Waals surface area contributed by atoms with Crippen LogP contribution >= 0.6 is 0 Å². The number of aromatic nitrogens is 3. The number of benzene rings is 2. The van der Waals surface area contributed by atoms with Crippen molar-refractivity contribution in [3.63, 3.8) is 0 Å². The predicted molar refractivity (Wildman–Crippen MR) is 125 cm³/mol. The summed E-state index contributed by atoms with van der Waals surface area (Å²) in [6, 6.07) is 8.23. The summed E-state index contributed by atoms with van der Waals surface area (Å²) >= 11 is 0. The third-order valence-corrected chi connectivity index (χ3v) is 6.88. The maximum Gasteiger partial charge on any atom is 0.573 e. The lowest BCUT2D eigenvalue weighted by atomic mass is 9.92. The third-order valence-electron chi connectivity index (χ3n) is 6.88. The number of alkyl halides is 3. The van der Waals surface area contributed by atoms with E-state index >= 15 is 0 Å². The summed E-state index contributed by atoms with van der Waals surface area (Å²) in [4.78, 5) is 29.3. The van der Waals surface area contributed by atoms with E-state index in [1.807, 2.05) is 4.90 Å². The van der Waals surface area contributed by atoms with Crippen LogP contribution < -0.4 is 4.74 Å². The molecule has 1 N–H and O–H groups in total. The van der Waals surface area contributed by atoms with Crippen molar-refractivity contribution in [2.75, 3.05) is 26.2 Å². The van der Waals surface area contributed by atoms with Crippen molar-refractivity contribution in [3.8, 4) is 5.75 Å². The molecule has 3 heterocycles. The normalized spacial score (nSPS) is 20.3. The van der Waals surface area contributed by atoms with Crippen LogP contribution in [0.3, 0.4) is 0 Å². The quantitative estimate of drug-likeness (QED) is 0.417. The van der Waals surface area contributed by atoms with Crippen LogP contribution in [0, 0.1) is 17.7 Å². The van der Waals surface area contributed by atoms with Gasteiger partial charge in [0.2, 0.25) is 5.91 Å². The van der Waals surface area contributed by atoms with Crippen LogP contribution in [0.2, 0.25) is 0 Å². The minimum Gasteiger partial charge on any atom is -0.403 e. The van der Waals surface area contributed by atoms with Crippen LogP contribution in [-0.2, 0) is 4.79 Å². The first kappa shape index (κ1) is 24.7. The summed E-state index contributed by atoms with van der Waals surface area (Å²) in [5.74, 6) is -1.86. The van der Waals surface area contributed by atoms with E-state index in [1.165, 1.54) is 18.2 Å². The highest BCUT2D eigenvalue weighted by atomic mass is 19.4. The fourth-order valence-corrected chi connectivity index (χ4v) is 4.99. The number of fused-ring (bicyclic) bond motifs is 2. The van der Waals surface area contributed by atoms with Crippen LogP contribution in [0.25, 0.3) is 17.1 Å². The number of halogens is 4. The summed E-state index contributed by atoms with van der Waals surface area (Å²) in [5.41, 5.74) is 2.13. The molecule has 2 saturated heterocycles. The summed E-state index contributed by atoms with van der Waals surface area (Å²) in [6.45, 7) is 2.27. The first-order valence-electron chi connectivity index (χ1n) is 11.8. The molecule has 2 aliphatic rings. The maximum absolute atomic E-state index is 13.9. The zero-order valence-electron chi connectivity index (χ0n) is 19.5. The Bertz CT molecular complexity index is 1340. The second-order valence-electron chi connectivity index (χ2n) is 9.23. The highest BCUT2D eigenvalue weighted by molar-refractivity contribution is 5.97. The van der Waals surface area contributed by atoms with Crippen LogP contribution in [0.1, 0.15) is 28.8 Å². The molecule has 1 aromatic heterocycles. The van der Waals surface area contributed by atoms with E-state index in [0.29, 0.717) is 42.8 Å². The van der Waals surface area contributed by atoms with Crippen molar-refractivity contribution in [3.05, 3.63) is 59.4 Å². The zero-order valence-corrected chi connectivity index (χ0v) is 19.5. The number of carbonyl (C=O) groups excluding carboxylic acids is 2. The Morgan fingerprint density at radius 2 is 1.68 bits per heavy atom. The lowest BCUT2D eigenvalue weighted by Crippen LogP contribution is -2.33. The van der Waals surface area contributed by atoms with Gasteiger partial charge in [-0.15, -0.1) is 13.2 Å². The lowest BCUT2D eigenvalue weighted by molar-refractivity contribution is -0.275. The van der Waals surface area contributed by atoms with E-state index in [1.54, 1.807) is 23.1 Å². The highest BCUT2D eigenvalue weighted by Gasteiger charge is 2.37. The van der Waals surface area contributed by atoms with Gasteiger partial charge in [0, 0.05) is 37.8 Å². The Kier molecular flexibility index (Phi) is 6.57. The molecule has 2 aliphatic heterocycles. The monoisotopic (exact) mass is 517 g/mol. The lowest BCUT2D eigenvalue weighted by Gasteiger charge is -2.21. The molecule has 8 nitrogen and oxygen atoms in total. The van der Waals surface area contributed by atoms with Gasteiger partial charge < -0.3 is 14.5 Å². The second-order valence-corrected chi connectivity index (χ2v) is 9.23. The van der Waals surface area contributed by atoms with E-state index in [2.05, 4.69) is 20.1 Å². The summed E-state index contributed by atoms with van der Waals surface area (Å²) < 4.78 is 54.4. The zero-order chi connectivity index (χ0) is 26.2. The standard InChI is InChI=1S/C25H23F4N5O3/c26-19-11-15(1-5-22(19)37-25(27,28)29)2-6-23(35)33-9-7-17-13-34(14-18(17)8-10-33)24(36)16-3-4-20-21(12-16)31-32-30-20/h1-6,11-12,17-18H,7-10,13-14H2,(H,30,31,32). The first-order chi connectivity index (χ1) is 17.7. The molecule has 194 valence electrons. The van der Waals surface area contributed by atoms with E-state index in [9.17, 15) is 27.2 Å². The van der Waals surface area contributed by atoms with Gasteiger partial charge in [-0.3, -0.25) is 9.59 Å². The summed E-state index contributed by atoms with van der Waals surface area (Å²) in [5, 5.41) is 10.6. The molecule has 0 aliphatic carbocycles. The molecule has 0 spiro atoms. The molecule has 0 bridgehead atoms. The van der Waals surface area contributed by atoms with Crippen LogP contribution in [0.4, 0.5) is 17.6 Å². The van der Waals surface area contributed by atoms with Crippen molar-refractivity contribution in [2.45, 2.75) is 19.2 Å². The molecule has 2 amide bonds. The number of hydrogen-bond acceptors (Lipinski definition) is 5. The molecule has 0 saturated carbocycles. The number of ether oxygens (including phenoxy) is 1. The average Bonchev–Trinajstić information content (AvgIpc) is 3.44. The minimum absolute atomic E-state index is 0.0484. The van der Waals surface area contributed by atoms with Gasteiger partial charge in [-0.25, -0.2) is 4.39 Å². The number of carbonyl (C=O) groups is 2. The Morgan fingerprint density at radius 1 is 0.973 bits per heavy atom. The second kappa shape index (κ2) is 9.83. The molecule has 5 rings (SSSR count). The molecule has 3 aromatic rings. The van der Waals surface area contributed by atoms with Gasteiger partial charge in [-0.2, -0.15) is 15.4 Å². The summed E-state index contributed by atoms with van der Waals surface area (Å²) in [7, 11) is 0. The van der Waals surface area contributed by atoms with Gasteiger partial charge in [0.05, 0.1) is 0 Å². The van der Waals surface area contributed by atoms with E-state index in [0.717, 1.165) is 25.0 Å². The van der Waals surface area contributed by atoms with Crippen molar-refractivity contribution >= 4 is 28.9 Å². The minimum atomic E-state index is -4.99. The maximum atomic E-state index is 13.9. The largest absolute Gasteiger partial charge is 0.573 e. The fraction of sp³-hybridized carbons (Fsp3) is 0.360. The number of likely N-dealkylation sites (tertiary alicyclic amines) is 2. The van der Waals surface area contributed by atoms with Crippen LogP contribution in [0.5, 0.6) is 5.75 Å². The molecular weight excluding hydrogens is 494 g/mol. The highest BCUT2D eigenvalue weighted by Crippen LogP contribution is 2.33. The van der Waals surface area contributed by atoms with Crippen molar-refractivity contribution in [1.82, 2.24) is 25.2 Å². The first-order valence-corrected chi connectivity index (χ1v) is 11.8. The Morgan fingerprint density at radius 3 is 2.35 bits per heavy atom. The smallest absolute Gasteiger partial charge is 0.403 e. The number of hydrogen-bond donors (Lipinski definition) is 1. The molecule has 2 fully saturated rings. The third kappa shape index (κ3) is 5.57. The van der Waals surface area contributed by atoms with Crippen molar-refractivity contribution in [1.29, 1.82) is 0 Å². The molecule has 2 unspecified atom stereocenters. The van der Waals surface area contributed by atoms with Crippen molar-refractivity contribution < 1.29 is 31.9 Å². The molecule has 2 aromatic carbocycles. The molecular formula is C25H23F4N5O3. The predicted octanol–water partition coefficient (Wildman–Crippen LogP) is 4.02. The van der Waals surface area contributed by atoms with Crippen LogP contribution in [0.15, 0.2) is 42.5 Å². The molecule has 2 atom stereocenters. The van der Waals surface area contributed by atoms with Gasteiger partial charge in [-0.1, -0.05) is 6.07 Å². The Labute approximate surface area is 208 Å². The number of nitrogens with one attached hydrogen (secondary N) is 1. The SMILES string of the molecule is O=C(C=Cc1ccc(OC(F)(F)F)c(F)c1)N1CCC2CN(C(=O)c3ccc4n[nH]nc4c3)CC2CC1. The summed E-state index contributed by atoms with van der Waals surface area (Å²) in [6.07, 6.45) is -0.852. The number of H-pyrrole nitrogens is 1. The number of nitrogens with zero attached hydrogens (tertiary/aromatic N) is 4. The van der Waals surface area contributed by atoms with Crippen LogP contribution in [-0.4, -0.2) is 69.6 Å². The van der Waals surface area contributed by atoms with Crippen molar-refractivity contribution in [2.24, 2.45) is 11.8 Å². The molecule has 12 heteroatoms. The topological polar surface area (TPSA) is 91.4 Å². The van der Waals surface area contributed by atoms with E-state index in [-0.39, 0.29) is 29.2 Å². The van der Waals surface area contributed by atoms with E-state index in [4.69, 9.17) is 0 Å². The fourth-order valence-electron chi connectivity index (χ4n) is 4.99. The van der Waals surface area contributed by atoms with Gasteiger partial charge >= 0.3 is 6.36 Å². The van der Waals surface area contributed by atoms with E-state index < -0.39 is 17.9 Å². The van der Waals surface area contributed by atoms with Gasteiger partial charge in [-0.05, 0) is 66.6 Å². The Hall–Kier alpha value is -3.96. The number of amides is 2. The molecule has 0 radical (unpaired) electrons. The number of aromatic amines is 1. The van der Waals surface area contributed by atoms with Gasteiger partial charge in [0.1, 0.15) is 11.0 Å².